The molecule has 2 heterocycles. The van der Waals surface area contributed by atoms with E-state index in [0.29, 0.717) is 51.3 Å². The molecule has 5 rings (SSSR count). The van der Waals surface area contributed by atoms with Crippen LogP contribution >= 0.6 is 11.6 Å². The van der Waals surface area contributed by atoms with Gasteiger partial charge in [-0.2, -0.15) is 5.21 Å². The molecular formula is C29H27ClN6O2. The number of nitrogens with zero attached hydrogens (tertiary/aromatic N) is 5. The van der Waals surface area contributed by atoms with Gasteiger partial charge in [-0.25, -0.2) is 4.98 Å². The minimum absolute atomic E-state index is 0.153. The fourth-order valence-electron chi connectivity index (χ4n) is 4.41. The van der Waals surface area contributed by atoms with E-state index in [1.54, 1.807) is 10.6 Å². The predicted molar refractivity (Wildman–Crippen MR) is 147 cm³/mol. The molecule has 0 aliphatic carbocycles. The minimum atomic E-state index is -0.545. The first-order valence-electron chi connectivity index (χ1n) is 12.5. The lowest BCUT2D eigenvalue weighted by Gasteiger charge is -2.18. The van der Waals surface area contributed by atoms with Gasteiger partial charge in [-0.1, -0.05) is 78.7 Å². The molecule has 192 valence electrons. The van der Waals surface area contributed by atoms with Gasteiger partial charge < -0.3 is 4.74 Å². The molecule has 1 N–H and O–H groups in total. The highest BCUT2D eigenvalue weighted by Gasteiger charge is 2.22. The lowest BCUT2D eigenvalue weighted by molar-refractivity contribution is 0.237. The Kier molecular flexibility index (Phi) is 7.60. The monoisotopic (exact) mass is 526 g/mol. The highest BCUT2D eigenvalue weighted by molar-refractivity contribution is 6.33. The van der Waals surface area contributed by atoms with Crippen molar-refractivity contribution in [2.45, 2.75) is 39.2 Å². The second-order valence-corrected chi connectivity index (χ2v) is 9.29. The summed E-state index contributed by atoms with van der Waals surface area (Å²) in [7, 11) is 0. The molecule has 9 heteroatoms. The Morgan fingerprint density at radius 1 is 1.00 bits per heavy atom. The molecule has 8 nitrogen and oxygen atoms in total. The standard InChI is InChI=1S/C29H27ClN6O2/c1-3-4-14-25-31-19(2)26(23-12-8-9-13-24(23)30)29(37)36(25)21-15-17-22(18-16-21)38-27(28-32-34-35-33-28)20-10-6-5-7-11-20/h5-13,15-18,27H,3-4,14H2,1-2H3,(H,32,33,34,35). The Bertz CT molecular complexity index is 1570. The summed E-state index contributed by atoms with van der Waals surface area (Å²) >= 11 is 6.48. The zero-order valence-corrected chi connectivity index (χ0v) is 21.9. The van der Waals surface area contributed by atoms with Gasteiger partial charge >= 0.3 is 0 Å². The quantitative estimate of drug-likeness (QED) is 0.257. The van der Waals surface area contributed by atoms with Crippen LogP contribution in [0.4, 0.5) is 0 Å². The third kappa shape index (κ3) is 5.21. The van der Waals surface area contributed by atoms with Crippen LogP contribution in [0.1, 0.15) is 48.8 Å². The number of H-pyrrole nitrogens is 1. The normalized spacial score (nSPS) is 11.9. The predicted octanol–water partition coefficient (Wildman–Crippen LogP) is 5.89. The first-order valence-corrected chi connectivity index (χ1v) is 12.9. The summed E-state index contributed by atoms with van der Waals surface area (Å²) in [5, 5.41) is 14.9. The lowest BCUT2D eigenvalue weighted by atomic mass is 10.0. The highest BCUT2D eigenvalue weighted by atomic mass is 35.5. The molecule has 0 spiro atoms. The van der Waals surface area contributed by atoms with Crippen molar-refractivity contribution in [3.63, 3.8) is 0 Å². The van der Waals surface area contributed by atoms with Crippen LogP contribution in [0, 0.1) is 6.92 Å². The molecule has 0 saturated carbocycles. The number of tetrazole rings is 1. The smallest absolute Gasteiger partial charge is 0.266 e. The van der Waals surface area contributed by atoms with Crippen LogP contribution < -0.4 is 10.3 Å². The van der Waals surface area contributed by atoms with E-state index in [4.69, 9.17) is 21.3 Å². The van der Waals surface area contributed by atoms with E-state index in [0.717, 1.165) is 18.4 Å². The van der Waals surface area contributed by atoms with Crippen molar-refractivity contribution in [3.05, 3.63) is 117 Å². The molecule has 0 amide bonds. The van der Waals surface area contributed by atoms with Gasteiger partial charge in [-0.15, -0.1) is 10.2 Å². The lowest BCUT2D eigenvalue weighted by Crippen LogP contribution is -2.26. The maximum atomic E-state index is 13.9. The largest absolute Gasteiger partial charge is 0.478 e. The van der Waals surface area contributed by atoms with Crippen LogP contribution in [0.5, 0.6) is 5.75 Å². The second kappa shape index (κ2) is 11.4. The summed E-state index contributed by atoms with van der Waals surface area (Å²) in [4.78, 5) is 18.8. The van der Waals surface area contributed by atoms with E-state index in [2.05, 4.69) is 27.5 Å². The number of hydrogen-bond acceptors (Lipinski definition) is 6. The summed E-state index contributed by atoms with van der Waals surface area (Å²) in [5.74, 6) is 1.74. The number of halogens is 1. The second-order valence-electron chi connectivity index (χ2n) is 8.88. The Labute approximate surface area is 225 Å². The van der Waals surface area contributed by atoms with Gasteiger partial charge in [0.15, 0.2) is 6.10 Å². The van der Waals surface area contributed by atoms with Gasteiger partial charge in [-0.3, -0.25) is 9.36 Å². The molecule has 5 aromatic rings. The molecule has 38 heavy (non-hydrogen) atoms. The molecule has 0 bridgehead atoms. The fourth-order valence-corrected chi connectivity index (χ4v) is 4.64. The SMILES string of the molecule is CCCCc1nc(C)c(-c2ccccc2Cl)c(=O)n1-c1ccc(OC(c2ccccc2)c2nn[nH]n2)cc1. The van der Waals surface area contributed by atoms with Crippen LogP contribution in [0.25, 0.3) is 16.8 Å². The van der Waals surface area contributed by atoms with Crippen molar-refractivity contribution in [3.8, 4) is 22.6 Å². The summed E-state index contributed by atoms with van der Waals surface area (Å²) in [6.45, 7) is 3.98. The molecule has 0 fully saturated rings. The molecule has 0 radical (unpaired) electrons. The number of hydrogen-bond donors (Lipinski definition) is 1. The molecule has 0 saturated heterocycles. The van der Waals surface area contributed by atoms with Crippen LogP contribution in [-0.2, 0) is 6.42 Å². The minimum Gasteiger partial charge on any atom is -0.478 e. The molecule has 2 aromatic heterocycles. The first kappa shape index (κ1) is 25.4. The van der Waals surface area contributed by atoms with Gasteiger partial charge in [0.1, 0.15) is 11.6 Å². The van der Waals surface area contributed by atoms with E-state index in [9.17, 15) is 4.79 Å². The zero-order valence-electron chi connectivity index (χ0n) is 21.1. The van der Waals surface area contributed by atoms with Crippen molar-refractivity contribution < 1.29 is 4.74 Å². The van der Waals surface area contributed by atoms with Gasteiger partial charge in [0.05, 0.1) is 16.9 Å². The van der Waals surface area contributed by atoms with Gasteiger partial charge in [0, 0.05) is 22.6 Å². The number of aryl methyl sites for hydroxylation is 2. The van der Waals surface area contributed by atoms with Crippen molar-refractivity contribution in [2.75, 3.05) is 0 Å². The fraction of sp³-hybridized carbons (Fsp3) is 0.207. The summed E-state index contributed by atoms with van der Waals surface area (Å²) < 4.78 is 7.96. The van der Waals surface area contributed by atoms with Gasteiger partial charge in [-0.05, 0) is 43.7 Å². The Hall–Kier alpha value is -4.30. The number of ether oxygens (including phenoxy) is 1. The first-order chi connectivity index (χ1) is 18.6. The van der Waals surface area contributed by atoms with Gasteiger partial charge in [0.25, 0.3) is 5.56 Å². The average molecular weight is 527 g/mol. The number of rotatable bonds is 9. The highest BCUT2D eigenvalue weighted by Crippen LogP contribution is 2.29. The number of aromatic amines is 1. The average Bonchev–Trinajstić information content (AvgIpc) is 3.47. The summed E-state index contributed by atoms with van der Waals surface area (Å²) in [6.07, 6.45) is 2.05. The Balaban J connectivity index is 1.54. The molecule has 1 unspecified atom stereocenters. The molecule has 1 atom stereocenters. The Morgan fingerprint density at radius 2 is 1.74 bits per heavy atom. The van der Waals surface area contributed by atoms with E-state index in [1.807, 2.05) is 79.7 Å². The summed E-state index contributed by atoms with van der Waals surface area (Å²) in [5.41, 5.74) is 3.27. The van der Waals surface area contributed by atoms with Crippen molar-refractivity contribution in [1.29, 1.82) is 0 Å². The zero-order chi connectivity index (χ0) is 26.5. The third-order valence-electron chi connectivity index (χ3n) is 6.28. The number of benzene rings is 3. The number of aromatic nitrogens is 6. The molecular weight excluding hydrogens is 500 g/mol. The number of unbranched alkanes of at least 4 members (excludes halogenated alkanes) is 1. The van der Waals surface area contributed by atoms with E-state index in [-0.39, 0.29) is 5.56 Å². The van der Waals surface area contributed by atoms with E-state index < -0.39 is 6.10 Å². The number of nitrogens with one attached hydrogen (secondary N) is 1. The van der Waals surface area contributed by atoms with E-state index in [1.165, 1.54) is 0 Å². The van der Waals surface area contributed by atoms with Crippen molar-refractivity contribution in [1.82, 2.24) is 30.2 Å². The molecule has 0 aliphatic rings. The molecule has 3 aromatic carbocycles. The maximum absolute atomic E-state index is 13.9. The third-order valence-corrected chi connectivity index (χ3v) is 6.61. The molecule has 0 aliphatic heterocycles. The van der Waals surface area contributed by atoms with Crippen LogP contribution in [0.3, 0.4) is 0 Å². The van der Waals surface area contributed by atoms with Crippen LogP contribution in [0.15, 0.2) is 83.7 Å². The van der Waals surface area contributed by atoms with Crippen LogP contribution in [-0.4, -0.2) is 30.2 Å². The Morgan fingerprint density at radius 3 is 2.42 bits per heavy atom. The van der Waals surface area contributed by atoms with Gasteiger partial charge in [0.2, 0.25) is 5.82 Å². The maximum Gasteiger partial charge on any atom is 0.266 e. The van der Waals surface area contributed by atoms with Crippen molar-refractivity contribution >= 4 is 11.6 Å². The van der Waals surface area contributed by atoms with Crippen LogP contribution in [0.2, 0.25) is 5.02 Å². The van der Waals surface area contributed by atoms with Crippen molar-refractivity contribution in [2.24, 2.45) is 0 Å². The van der Waals surface area contributed by atoms with E-state index >= 15 is 0 Å². The summed E-state index contributed by atoms with van der Waals surface area (Å²) in [6, 6.07) is 24.4. The topological polar surface area (TPSA) is 98.6 Å².